The molecule has 1 heterocycles. The zero-order valence-corrected chi connectivity index (χ0v) is 8.34. The zero-order valence-electron chi connectivity index (χ0n) is 5.94. The van der Waals surface area contributed by atoms with Crippen molar-refractivity contribution in [1.82, 2.24) is 4.98 Å². The highest BCUT2D eigenvalue weighted by atomic mass is 79.9. The number of anilines is 1. The fourth-order valence-electron chi connectivity index (χ4n) is 0.658. The van der Waals surface area contributed by atoms with E-state index in [0.717, 1.165) is 21.0 Å². The molecule has 1 aromatic heterocycles. The third kappa shape index (κ3) is 1.49. The molecule has 4 heteroatoms. The van der Waals surface area contributed by atoms with Gasteiger partial charge in [-0.15, -0.1) is 0 Å². The highest BCUT2D eigenvalue weighted by molar-refractivity contribution is 9.11. The predicted octanol–water partition coefficient (Wildman–Crippen LogP) is 2.51. The maximum absolute atomic E-state index is 4.31. The highest BCUT2D eigenvalue weighted by Gasteiger charge is 2.03. The normalized spacial score (nSPS) is 9.90. The lowest BCUT2D eigenvalue weighted by Crippen LogP contribution is -1.86. The summed E-state index contributed by atoms with van der Waals surface area (Å²) in [5.41, 5.74) is 1.13. The fourth-order valence-corrected chi connectivity index (χ4v) is 2.22. The Morgan fingerprint density at radius 3 is 2.70 bits per heavy atom. The lowest BCUT2D eigenvalue weighted by atomic mass is 10.4. The van der Waals surface area contributed by atoms with Gasteiger partial charge in [0.05, 0.1) is 9.48 Å². The second kappa shape index (κ2) is 3.34. The number of hydrogen-bond donors (Lipinski definition) is 1. The van der Waals surface area contributed by atoms with E-state index in [4.69, 9.17) is 0 Å². The molecule has 0 atom stereocenters. The number of rotatable bonds is 2. The van der Waals surface area contributed by atoms with E-state index in [-0.39, 0.29) is 0 Å². The standard InChI is InChI=1S/C6H9BrN2S/c1-3-4-5(7)10-6(8-2)9-4/h3H2,1-2H3,(H,8,9). The van der Waals surface area contributed by atoms with Crippen LogP contribution in [0.1, 0.15) is 12.6 Å². The van der Waals surface area contributed by atoms with Crippen molar-refractivity contribution in [2.75, 3.05) is 12.4 Å². The molecule has 0 amide bonds. The third-order valence-electron chi connectivity index (χ3n) is 1.20. The van der Waals surface area contributed by atoms with Gasteiger partial charge in [-0.1, -0.05) is 18.3 Å². The van der Waals surface area contributed by atoms with Gasteiger partial charge in [0.1, 0.15) is 0 Å². The van der Waals surface area contributed by atoms with Gasteiger partial charge in [0.25, 0.3) is 0 Å². The van der Waals surface area contributed by atoms with E-state index in [1.165, 1.54) is 0 Å². The molecule has 1 N–H and O–H groups in total. The Morgan fingerprint density at radius 2 is 2.40 bits per heavy atom. The number of halogens is 1. The summed E-state index contributed by atoms with van der Waals surface area (Å²) >= 11 is 5.07. The minimum absolute atomic E-state index is 0.976. The molecule has 0 bridgehead atoms. The number of nitrogens with one attached hydrogen (secondary N) is 1. The molecule has 0 fully saturated rings. The molecular formula is C6H9BrN2S. The minimum Gasteiger partial charge on any atom is -0.365 e. The largest absolute Gasteiger partial charge is 0.365 e. The summed E-state index contributed by atoms with van der Waals surface area (Å²) in [5, 5.41) is 3.98. The molecule has 1 aromatic rings. The predicted molar refractivity (Wildman–Crippen MR) is 48.7 cm³/mol. The van der Waals surface area contributed by atoms with E-state index in [1.54, 1.807) is 11.3 Å². The van der Waals surface area contributed by atoms with Gasteiger partial charge in [-0.3, -0.25) is 0 Å². The van der Waals surface area contributed by atoms with Crippen LogP contribution in [-0.2, 0) is 6.42 Å². The van der Waals surface area contributed by atoms with Crippen LogP contribution in [0.4, 0.5) is 5.13 Å². The van der Waals surface area contributed by atoms with Crippen molar-refractivity contribution in [1.29, 1.82) is 0 Å². The third-order valence-corrected chi connectivity index (χ3v) is 3.05. The summed E-state index contributed by atoms with van der Waals surface area (Å²) in [5.74, 6) is 0. The van der Waals surface area contributed by atoms with Crippen LogP contribution in [0.25, 0.3) is 0 Å². The van der Waals surface area contributed by atoms with E-state index in [2.05, 4.69) is 33.2 Å². The molecule has 1 rings (SSSR count). The van der Waals surface area contributed by atoms with Crippen LogP contribution in [0.15, 0.2) is 3.79 Å². The Hall–Kier alpha value is -0.0900. The van der Waals surface area contributed by atoms with Crippen LogP contribution < -0.4 is 5.32 Å². The van der Waals surface area contributed by atoms with E-state index in [0.29, 0.717) is 0 Å². The molecule has 0 aliphatic rings. The van der Waals surface area contributed by atoms with Gasteiger partial charge in [0.2, 0.25) is 0 Å². The van der Waals surface area contributed by atoms with Crippen molar-refractivity contribution in [2.24, 2.45) is 0 Å². The molecule has 0 saturated heterocycles. The smallest absolute Gasteiger partial charge is 0.183 e. The molecule has 10 heavy (non-hydrogen) atoms. The monoisotopic (exact) mass is 220 g/mol. The maximum atomic E-state index is 4.31. The fraction of sp³-hybridized carbons (Fsp3) is 0.500. The molecule has 0 aliphatic heterocycles. The van der Waals surface area contributed by atoms with Gasteiger partial charge >= 0.3 is 0 Å². The molecular weight excluding hydrogens is 212 g/mol. The second-order valence-corrected chi connectivity index (χ2v) is 4.16. The van der Waals surface area contributed by atoms with E-state index >= 15 is 0 Å². The molecule has 0 spiro atoms. The molecule has 0 aromatic carbocycles. The maximum Gasteiger partial charge on any atom is 0.183 e. The van der Waals surface area contributed by atoms with Crippen LogP contribution in [0.2, 0.25) is 0 Å². The van der Waals surface area contributed by atoms with E-state index in [1.807, 2.05) is 7.05 Å². The number of thiazole rings is 1. The van der Waals surface area contributed by atoms with Crippen molar-refractivity contribution < 1.29 is 0 Å². The van der Waals surface area contributed by atoms with Crippen LogP contribution in [-0.4, -0.2) is 12.0 Å². The summed E-state index contributed by atoms with van der Waals surface area (Å²) in [6.45, 7) is 2.10. The first-order valence-corrected chi connectivity index (χ1v) is 4.71. The topological polar surface area (TPSA) is 24.9 Å². The Bertz CT molecular complexity index is 222. The lowest BCUT2D eigenvalue weighted by Gasteiger charge is -1.87. The van der Waals surface area contributed by atoms with Gasteiger partial charge in [-0.25, -0.2) is 4.98 Å². The molecule has 0 aliphatic carbocycles. The van der Waals surface area contributed by atoms with Gasteiger partial charge in [0, 0.05) is 7.05 Å². The summed E-state index contributed by atoms with van der Waals surface area (Å²) in [6, 6.07) is 0. The van der Waals surface area contributed by atoms with Crippen LogP contribution in [0.3, 0.4) is 0 Å². The quantitative estimate of drug-likeness (QED) is 0.829. The number of aromatic nitrogens is 1. The van der Waals surface area contributed by atoms with Crippen molar-refractivity contribution in [3.63, 3.8) is 0 Å². The second-order valence-electron chi connectivity index (χ2n) is 1.84. The van der Waals surface area contributed by atoms with Crippen molar-refractivity contribution in [3.05, 3.63) is 9.48 Å². The van der Waals surface area contributed by atoms with Crippen molar-refractivity contribution in [3.8, 4) is 0 Å². The Balaban J connectivity index is 2.92. The Labute approximate surface area is 72.8 Å². The summed E-state index contributed by atoms with van der Waals surface area (Å²) in [6.07, 6.45) is 0.985. The first-order valence-electron chi connectivity index (χ1n) is 3.11. The first kappa shape index (κ1) is 8.01. The van der Waals surface area contributed by atoms with Crippen molar-refractivity contribution in [2.45, 2.75) is 13.3 Å². The number of aryl methyl sites for hydroxylation is 1. The Kier molecular flexibility index (Phi) is 2.68. The molecule has 0 unspecified atom stereocenters. The van der Waals surface area contributed by atoms with E-state index < -0.39 is 0 Å². The Morgan fingerprint density at radius 1 is 1.70 bits per heavy atom. The summed E-state index contributed by atoms with van der Waals surface area (Å²) in [4.78, 5) is 4.31. The molecule has 0 radical (unpaired) electrons. The lowest BCUT2D eigenvalue weighted by molar-refractivity contribution is 1.05. The number of nitrogens with zero attached hydrogens (tertiary/aromatic N) is 1. The van der Waals surface area contributed by atoms with Crippen molar-refractivity contribution >= 4 is 32.4 Å². The van der Waals surface area contributed by atoms with Gasteiger partial charge in [-0.2, -0.15) is 0 Å². The molecule has 56 valence electrons. The summed E-state index contributed by atoms with van der Waals surface area (Å²) < 4.78 is 1.14. The number of hydrogen-bond acceptors (Lipinski definition) is 3. The highest BCUT2D eigenvalue weighted by Crippen LogP contribution is 2.27. The van der Waals surface area contributed by atoms with E-state index in [9.17, 15) is 0 Å². The average Bonchev–Trinajstić information content (AvgIpc) is 2.30. The van der Waals surface area contributed by atoms with Gasteiger partial charge in [0.15, 0.2) is 5.13 Å². The van der Waals surface area contributed by atoms with Gasteiger partial charge < -0.3 is 5.32 Å². The van der Waals surface area contributed by atoms with Crippen LogP contribution in [0.5, 0.6) is 0 Å². The average molecular weight is 221 g/mol. The SMILES string of the molecule is CCc1nc(NC)sc1Br. The zero-order chi connectivity index (χ0) is 7.56. The van der Waals surface area contributed by atoms with Gasteiger partial charge in [-0.05, 0) is 22.4 Å². The summed E-state index contributed by atoms with van der Waals surface area (Å²) in [7, 11) is 1.88. The minimum atomic E-state index is 0.976. The first-order chi connectivity index (χ1) is 4.77. The van der Waals surface area contributed by atoms with Crippen LogP contribution >= 0.6 is 27.3 Å². The molecule has 0 saturated carbocycles. The van der Waals surface area contributed by atoms with Crippen LogP contribution in [0, 0.1) is 0 Å². The molecule has 2 nitrogen and oxygen atoms in total.